The molecule has 34 heavy (non-hydrogen) atoms. The van der Waals surface area contributed by atoms with E-state index in [0.717, 1.165) is 53.3 Å². The van der Waals surface area contributed by atoms with Crippen LogP contribution >= 0.6 is 0 Å². The molecule has 168 valence electrons. The van der Waals surface area contributed by atoms with Gasteiger partial charge in [-0.25, -0.2) is 14.8 Å². The summed E-state index contributed by atoms with van der Waals surface area (Å²) in [6.45, 7) is 1.47. The number of urea groups is 1. The van der Waals surface area contributed by atoms with E-state index in [1.807, 2.05) is 65.8 Å². The van der Waals surface area contributed by atoms with E-state index in [2.05, 4.69) is 39.6 Å². The minimum absolute atomic E-state index is 0.0849. The lowest BCUT2D eigenvalue weighted by Crippen LogP contribution is -2.32. The summed E-state index contributed by atoms with van der Waals surface area (Å²) in [5.41, 5.74) is 6.81. The summed E-state index contributed by atoms with van der Waals surface area (Å²) in [5.74, 6) is 0.379. The van der Waals surface area contributed by atoms with Gasteiger partial charge in [-0.05, 0) is 54.4 Å². The Morgan fingerprint density at radius 2 is 1.56 bits per heavy atom. The van der Waals surface area contributed by atoms with Crippen LogP contribution in [0.5, 0.6) is 0 Å². The summed E-state index contributed by atoms with van der Waals surface area (Å²) in [6.07, 6.45) is 4.72. The molecule has 1 aliphatic rings. The Morgan fingerprint density at radius 1 is 0.853 bits per heavy atom. The summed E-state index contributed by atoms with van der Waals surface area (Å²) >= 11 is 0. The van der Waals surface area contributed by atoms with Crippen LogP contribution in [0.25, 0.3) is 33.8 Å². The molecule has 5 aromatic rings. The minimum atomic E-state index is -0.0849. The normalized spacial score (nSPS) is 15.6. The van der Waals surface area contributed by atoms with E-state index < -0.39 is 0 Å². The standard InChI is InChI=1S/C27H24N6O/c34-27(33-15-12-19(17-33)18-6-2-1-3-7-18)30-20-10-11-21-24(16-20)32-26(23-9-5-14-29-23)25(31-21)22-8-4-13-28-22/h1-11,13-14,16,19,28-29H,12,15,17H2,(H,30,34)/t19-/m0/s1. The highest BCUT2D eigenvalue weighted by molar-refractivity contribution is 5.93. The molecular formula is C27H24N6O. The number of hydrogen-bond acceptors (Lipinski definition) is 3. The van der Waals surface area contributed by atoms with Crippen molar-refractivity contribution < 1.29 is 4.79 Å². The largest absolute Gasteiger partial charge is 0.360 e. The van der Waals surface area contributed by atoms with E-state index >= 15 is 0 Å². The van der Waals surface area contributed by atoms with Gasteiger partial charge in [0.1, 0.15) is 11.4 Å². The van der Waals surface area contributed by atoms with Gasteiger partial charge in [0, 0.05) is 37.1 Å². The summed E-state index contributed by atoms with van der Waals surface area (Å²) in [6, 6.07) is 23.8. The lowest BCUT2D eigenvalue weighted by Gasteiger charge is -2.18. The van der Waals surface area contributed by atoms with Crippen molar-refractivity contribution in [3.63, 3.8) is 0 Å². The quantitative estimate of drug-likeness (QED) is 0.332. The molecule has 1 fully saturated rings. The first-order valence-corrected chi connectivity index (χ1v) is 11.4. The molecule has 4 heterocycles. The number of anilines is 1. The van der Waals surface area contributed by atoms with Crippen LogP contribution in [-0.4, -0.2) is 44.0 Å². The van der Waals surface area contributed by atoms with Gasteiger partial charge in [-0.15, -0.1) is 0 Å². The molecule has 7 heteroatoms. The van der Waals surface area contributed by atoms with Crippen LogP contribution in [0.3, 0.4) is 0 Å². The van der Waals surface area contributed by atoms with Crippen LogP contribution in [-0.2, 0) is 0 Å². The van der Waals surface area contributed by atoms with Crippen molar-refractivity contribution in [3.8, 4) is 22.8 Å². The molecule has 2 amide bonds. The molecule has 1 aliphatic heterocycles. The zero-order valence-corrected chi connectivity index (χ0v) is 18.5. The number of H-pyrrole nitrogens is 2. The first-order valence-electron chi connectivity index (χ1n) is 11.4. The zero-order chi connectivity index (χ0) is 22.9. The van der Waals surface area contributed by atoms with Crippen molar-refractivity contribution in [1.82, 2.24) is 24.8 Å². The number of nitrogens with one attached hydrogen (secondary N) is 3. The number of rotatable bonds is 4. The highest BCUT2D eigenvalue weighted by Gasteiger charge is 2.27. The number of benzene rings is 2. The second-order valence-corrected chi connectivity index (χ2v) is 8.56. The Balaban J connectivity index is 1.26. The van der Waals surface area contributed by atoms with Crippen LogP contribution in [0.2, 0.25) is 0 Å². The van der Waals surface area contributed by atoms with Gasteiger partial charge < -0.3 is 20.2 Å². The highest BCUT2D eigenvalue weighted by atomic mass is 16.2. The lowest BCUT2D eigenvalue weighted by molar-refractivity contribution is 0.222. The summed E-state index contributed by atoms with van der Waals surface area (Å²) < 4.78 is 0. The van der Waals surface area contributed by atoms with E-state index in [9.17, 15) is 4.79 Å². The predicted octanol–water partition coefficient (Wildman–Crippen LogP) is 5.64. The Labute approximate surface area is 196 Å². The third kappa shape index (κ3) is 3.81. The summed E-state index contributed by atoms with van der Waals surface area (Å²) in [7, 11) is 0. The molecule has 2 aromatic carbocycles. The van der Waals surface area contributed by atoms with Crippen LogP contribution in [0.4, 0.5) is 10.5 Å². The first-order chi connectivity index (χ1) is 16.7. The first kappa shape index (κ1) is 20.2. The summed E-state index contributed by atoms with van der Waals surface area (Å²) in [5, 5.41) is 3.05. The maximum absolute atomic E-state index is 13.0. The van der Waals surface area contributed by atoms with Crippen molar-refractivity contribution in [2.24, 2.45) is 0 Å². The molecular weight excluding hydrogens is 424 g/mol. The minimum Gasteiger partial charge on any atom is -0.360 e. The van der Waals surface area contributed by atoms with Crippen LogP contribution < -0.4 is 5.32 Å². The number of carbonyl (C=O) groups excluding carboxylic acids is 1. The van der Waals surface area contributed by atoms with Crippen LogP contribution in [0, 0.1) is 0 Å². The van der Waals surface area contributed by atoms with Gasteiger partial charge in [-0.3, -0.25) is 0 Å². The van der Waals surface area contributed by atoms with Crippen molar-refractivity contribution in [2.75, 3.05) is 18.4 Å². The Kier molecular flexibility index (Phi) is 5.07. The Hall–Kier alpha value is -4.39. The van der Waals surface area contributed by atoms with Crippen molar-refractivity contribution in [1.29, 1.82) is 0 Å². The van der Waals surface area contributed by atoms with Gasteiger partial charge >= 0.3 is 6.03 Å². The van der Waals surface area contributed by atoms with E-state index in [-0.39, 0.29) is 6.03 Å². The van der Waals surface area contributed by atoms with Gasteiger partial charge in [0.25, 0.3) is 0 Å². The number of aromatic nitrogens is 4. The van der Waals surface area contributed by atoms with E-state index in [0.29, 0.717) is 11.6 Å². The maximum atomic E-state index is 13.0. The molecule has 0 bridgehead atoms. The number of hydrogen-bond donors (Lipinski definition) is 3. The van der Waals surface area contributed by atoms with Crippen molar-refractivity contribution >= 4 is 22.8 Å². The zero-order valence-electron chi connectivity index (χ0n) is 18.5. The second-order valence-electron chi connectivity index (χ2n) is 8.56. The molecule has 1 saturated heterocycles. The second kappa shape index (κ2) is 8.51. The average molecular weight is 449 g/mol. The molecule has 0 saturated carbocycles. The fraction of sp³-hybridized carbons (Fsp3) is 0.148. The number of fused-ring (bicyclic) bond motifs is 1. The number of likely N-dealkylation sites (tertiary alicyclic amines) is 1. The number of aromatic amines is 2. The number of nitrogens with zero attached hydrogens (tertiary/aromatic N) is 3. The molecule has 6 rings (SSSR count). The maximum Gasteiger partial charge on any atom is 0.321 e. The predicted molar refractivity (Wildman–Crippen MR) is 134 cm³/mol. The third-order valence-electron chi connectivity index (χ3n) is 6.37. The van der Waals surface area contributed by atoms with Crippen molar-refractivity contribution in [2.45, 2.75) is 12.3 Å². The van der Waals surface area contributed by atoms with Crippen LogP contribution in [0.1, 0.15) is 17.9 Å². The number of carbonyl (C=O) groups is 1. The molecule has 0 radical (unpaired) electrons. The van der Waals surface area contributed by atoms with Crippen LogP contribution in [0.15, 0.2) is 85.2 Å². The molecule has 0 unspecified atom stereocenters. The smallest absolute Gasteiger partial charge is 0.321 e. The molecule has 3 aromatic heterocycles. The fourth-order valence-electron chi connectivity index (χ4n) is 4.61. The molecule has 3 N–H and O–H groups in total. The summed E-state index contributed by atoms with van der Waals surface area (Å²) in [4.78, 5) is 31.1. The topological polar surface area (TPSA) is 89.7 Å². The highest BCUT2D eigenvalue weighted by Crippen LogP contribution is 2.31. The van der Waals surface area contributed by atoms with Gasteiger partial charge in [0.15, 0.2) is 0 Å². The van der Waals surface area contributed by atoms with Gasteiger partial charge in [-0.1, -0.05) is 30.3 Å². The van der Waals surface area contributed by atoms with Crippen molar-refractivity contribution in [3.05, 3.63) is 90.8 Å². The molecule has 0 spiro atoms. The van der Waals surface area contributed by atoms with E-state index in [1.54, 1.807) is 0 Å². The Morgan fingerprint density at radius 3 is 2.24 bits per heavy atom. The van der Waals surface area contributed by atoms with Gasteiger partial charge in [-0.2, -0.15) is 0 Å². The molecule has 1 atom stereocenters. The Bertz CT molecular complexity index is 1430. The monoisotopic (exact) mass is 448 g/mol. The third-order valence-corrected chi connectivity index (χ3v) is 6.37. The van der Waals surface area contributed by atoms with Gasteiger partial charge in [0.05, 0.1) is 22.4 Å². The SMILES string of the molecule is O=C(Nc1ccc2nc(-c3ccc[nH]3)c(-c3ccc[nH]3)nc2c1)N1CC[C@H](c2ccccc2)C1. The fourth-order valence-corrected chi connectivity index (χ4v) is 4.61. The average Bonchev–Trinajstić information content (AvgIpc) is 3.66. The molecule has 0 aliphatic carbocycles. The van der Waals surface area contributed by atoms with E-state index in [1.165, 1.54) is 5.56 Å². The van der Waals surface area contributed by atoms with E-state index in [4.69, 9.17) is 9.97 Å². The molecule has 7 nitrogen and oxygen atoms in total. The van der Waals surface area contributed by atoms with Gasteiger partial charge in [0.2, 0.25) is 0 Å². The number of amides is 2. The lowest BCUT2D eigenvalue weighted by atomic mass is 9.99.